The normalized spacial score (nSPS) is 14.5. The number of benzene rings is 1. The van der Waals surface area contributed by atoms with Crippen molar-refractivity contribution in [3.63, 3.8) is 0 Å². The molecule has 0 bridgehead atoms. The van der Waals surface area contributed by atoms with Gasteiger partial charge in [0.1, 0.15) is 0 Å². The van der Waals surface area contributed by atoms with E-state index < -0.39 is 9.84 Å². The van der Waals surface area contributed by atoms with E-state index in [1.807, 2.05) is 27.7 Å². The highest BCUT2D eigenvalue weighted by molar-refractivity contribution is 7.91. The molecular formula is C13H22N2O2S. The van der Waals surface area contributed by atoms with Gasteiger partial charge in [0, 0.05) is 6.04 Å². The first-order valence-electron chi connectivity index (χ1n) is 5.92. The highest BCUT2D eigenvalue weighted by Gasteiger charge is 2.29. The van der Waals surface area contributed by atoms with Gasteiger partial charge < -0.3 is 0 Å². The van der Waals surface area contributed by atoms with E-state index >= 15 is 0 Å². The maximum absolute atomic E-state index is 12.3. The summed E-state index contributed by atoms with van der Waals surface area (Å²) in [6.45, 7) is 7.81. The molecule has 0 aromatic heterocycles. The summed E-state index contributed by atoms with van der Waals surface area (Å²) in [4.78, 5) is 0.345. The molecular weight excluding hydrogens is 248 g/mol. The molecule has 0 saturated carbocycles. The molecule has 1 atom stereocenters. The number of aryl methyl sites for hydroxylation is 1. The van der Waals surface area contributed by atoms with E-state index in [-0.39, 0.29) is 17.2 Å². The second-order valence-electron chi connectivity index (χ2n) is 5.68. The molecule has 0 radical (unpaired) electrons. The number of sulfone groups is 1. The molecule has 4 nitrogen and oxygen atoms in total. The highest BCUT2D eigenvalue weighted by Crippen LogP contribution is 2.22. The van der Waals surface area contributed by atoms with Gasteiger partial charge in [-0.05, 0) is 24.5 Å². The molecule has 0 spiro atoms. The van der Waals surface area contributed by atoms with E-state index in [4.69, 9.17) is 5.84 Å². The molecule has 3 N–H and O–H groups in total. The average Bonchev–Trinajstić information content (AvgIpc) is 2.25. The van der Waals surface area contributed by atoms with Gasteiger partial charge in [-0.2, -0.15) is 0 Å². The number of nitrogens with two attached hydrogens (primary N) is 1. The van der Waals surface area contributed by atoms with Crippen molar-refractivity contribution >= 4 is 9.84 Å². The second kappa shape index (κ2) is 5.38. The van der Waals surface area contributed by atoms with Crippen LogP contribution < -0.4 is 11.3 Å². The zero-order valence-electron chi connectivity index (χ0n) is 11.4. The molecule has 0 fully saturated rings. The molecule has 0 aliphatic heterocycles. The lowest BCUT2D eigenvalue weighted by Gasteiger charge is -2.29. The minimum atomic E-state index is -3.31. The van der Waals surface area contributed by atoms with Gasteiger partial charge in [0.15, 0.2) is 9.84 Å². The molecule has 102 valence electrons. The van der Waals surface area contributed by atoms with Crippen molar-refractivity contribution in [2.75, 3.05) is 5.75 Å². The Kier molecular flexibility index (Phi) is 4.53. The van der Waals surface area contributed by atoms with E-state index in [2.05, 4.69) is 5.43 Å². The summed E-state index contributed by atoms with van der Waals surface area (Å²) in [5, 5.41) is 0. The van der Waals surface area contributed by atoms with Gasteiger partial charge in [-0.1, -0.05) is 38.5 Å². The monoisotopic (exact) mass is 270 g/mol. The highest BCUT2D eigenvalue weighted by atomic mass is 32.2. The minimum Gasteiger partial charge on any atom is -0.271 e. The molecule has 1 aromatic rings. The summed E-state index contributed by atoms with van der Waals surface area (Å²) in [5.74, 6) is 5.45. The van der Waals surface area contributed by atoms with Crippen molar-refractivity contribution in [2.45, 2.75) is 38.6 Å². The third-order valence-corrected chi connectivity index (χ3v) is 4.78. The van der Waals surface area contributed by atoms with Gasteiger partial charge in [0.2, 0.25) is 0 Å². The van der Waals surface area contributed by atoms with Gasteiger partial charge in [-0.3, -0.25) is 11.3 Å². The lowest BCUT2D eigenvalue weighted by Crippen LogP contribution is -2.48. The third-order valence-electron chi connectivity index (χ3n) is 3.01. The quantitative estimate of drug-likeness (QED) is 0.644. The van der Waals surface area contributed by atoms with Gasteiger partial charge >= 0.3 is 0 Å². The van der Waals surface area contributed by atoms with E-state index in [1.165, 1.54) is 0 Å². The van der Waals surface area contributed by atoms with E-state index in [9.17, 15) is 8.42 Å². The van der Waals surface area contributed by atoms with Gasteiger partial charge in [-0.15, -0.1) is 0 Å². The van der Waals surface area contributed by atoms with Crippen LogP contribution in [0.15, 0.2) is 29.2 Å². The van der Waals surface area contributed by atoms with Crippen LogP contribution in [-0.2, 0) is 9.84 Å². The largest absolute Gasteiger partial charge is 0.271 e. The van der Waals surface area contributed by atoms with Crippen molar-refractivity contribution in [1.82, 2.24) is 5.43 Å². The zero-order chi connectivity index (χ0) is 14.0. The molecule has 0 saturated heterocycles. The van der Waals surface area contributed by atoms with Crippen LogP contribution in [0.25, 0.3) is 0 Å². The number of nitrogens with one attached hydrogen (secondary N) is 1. The predicted molar refractivity (Wildman–Crippen MR) is 73.8 cm³/mol. The van der Waals surface area contributed by atoms with Crippen molar-refractivity contribution in [2.24, 2.45) is 11.3 Å². The summed E-state index contributed by atoms with van der Waals surface area (Å²) in [5.41, 5.74) is 3.42. The Morgan fingerprint density at radius 3 is 2.11 bits per heavy atom. The summed E-state index contributed by atoms with van der Waals surface area (Å²) >= 11 is 0. The van der Waals surface area contributed by atoms with Gasteiger partial charge in [0.25, 0.3) is 0 Å². The fourth-order valence-electron chi connectivity index (χ4n) is 1.61. The molecule has 0 amide bonds. The predicted octanol–water partition coefficient (Wildman–Crippen LogP) is 1.65. The third kappa shape index (κ3) is 3.80. The molecule has 0 aliphatic rings. The maximum Gasteiger partial charge on any atom is 0.179 e. The van der Waals surface area contributed by atoms with Crippen LogP contribution in [0, 0.1) is 12.3 Å². The van der Waals surface area contributed by atoms with Crippen molar-refractivity contribution in [3.8, 4) is 0 Å². The lowest BCUT2D eigenvalue weighted by molar-refractivity contribution is 0.291. The molecule has 18 heavy (non-hydrogen) atoms. The number of hydrazine groups is 1. The first kappa shape index (κ1) is 15.1. The summed E-state index contributed by atoms with van der Waals surface area (Å²) in [6.07, 6.45) is 0. The Bertz CT molecular complexity index is 487. The van der Waals surface area contributed by atoms with Gasteiger partial charge in [-0.25, -0.2) is 8.42 Å². The Morgan fingerprint density at radius 1 is 1.22 bits per heavy atom. The molecule has 5 heteroatoms. The van der Waals surface area contributed by atoms with E-state index in [1.54, 1.807) is 24.3 Å². The molecule has 0 heterocycles. The molecule has 1 rings (SSSR count). The fourth-order valence-corrected chi connectivity index (χ4v) is 3.39. The Labute approximate surface area is 109 Å². The van der Waals surface area contributed by atoms with Crippen LogP contribution in [0.4, 0.5) is 0 Å². The number of hydrogen-bond acceptors (Lipinski definition) is 4. The van der Waals surface area contributed by atoms with Crippen LogP contribution in [-0.4, -0.2) is 20.2 Å². The maximum atomic E-state index is 12.3. The van der Waals surface area contributed by atoms with Crippen molar-refractivity contribution in [3.05, 3.63) is 29.8 Å². The zero-order valence-corrected chi connectivity index (χ0v) is 12.2. The van der Waals surface area contributed by atoms with Crippen molar-refractivity contribution in [1.29, 1.82) is 0 Å². The first-order chi connectivity index (χ1) is 8.16. The summed E-state index contributed by atoms with van der Waals surface area (Å²) < 4.78 is 24.5. The fraction of sp³-hybridized carbons (Fsp3) is 0.538. The van der Waals surface area contributed by atoms with E-state index in [0.717, 1.165) is 5.56 Å². The Balaban J connectivity index is 2.98. The van der Waals surface area contributed by atoms with Crippen molar-refractivity contribution < 1.29 is 8.42 Å². The Hall–Kier alpha value is -0.910. The van der Waals surface area contributed by atoms with E-state index in [0.29, 0.717) is 4.90 Å². The first-order valence-corrected chi connectivity index (χ1v) is 7.57. The van der Waals surface area contributed by atoms with Crippen LogP contribution in [0.1, 0.15) is 26.3 Å². The minimum absolute atomic E-state index is 0.00391. The van der Waals surface area contributed by atoms with Crippen LogP contribution in [0.2, 0.25) is 0 Å². The summed E-state index contributed by atoms with van der Waals surface area (Å²) in [6, 6.07) is 6.59. The number of hydrogen-bond donors (Lipinski definition) is 2. The lowest BCUT2D eigenvalue weighted by atomic mass is 9.88. The summed E-state index contributed by atoms with van der Waals surface area (Å²) in [7, 11) is -3.31. The molecule has 1 aromatic carbocycles. The standard InChI is InChI=1S/C13H22N2O2S/c1-10-5-7-11(8-6-10)18(16,17)9-12(15-14)13(2,3)4/h5-8,12,15H,9,14H2,1-4H3/t12-/m0/s1. The molecule has 0 aliphatic carbocycles. The van der Waals surface area contributed by atoms with Crippen LogP contribution in [0.3, 0.4) is 0 Å². The van der Waals surface area contributed by atoms with Crippen LogP contribution >= 0.6 is 0 Å². The SMILES string of the molecule is Cc1ccc(S(=O)(=O)C[C@H](NN)C(C)(C)C)cc1. The number of rotatable bonds is 4. The Morgan fingerprint density at radius 2 is 1.72 bits per heavy atom. The topological polar surface area (TPSA) is 72.2 Å². The molecule has 0 unspecified atom stereocenters. The second-order valence-corrected chi connectivity index (χ2v) is 7.71. The smallest absolute Gasteiger partial charge is 0.179 e. The average molecular weight is 270 g/mol. The van der Waals surface area contributed by atoms with Gasteiger partial charge in [0.05, 0.1) is 10.6 Å². The van der Waals surface area contributed by atoms with Crippen LogP contribution in [0.5, 0.6) is 0 Å².